The van der Waals surface area contributed by atoms with Crippen LogP contribution in [-0.4, -0.2) is 4.98 Å². The van der Waals surface area contributed by atoms with Crippen LogP contribution in [-0.2, 0) is 5.41 Å². The molecule has 2 aliphatic rings. The summed E-state index contributed by atoms with van der Waals surface area (Å²) in [6.07, 6.45) is 6.49. The minimum absolute atomic E-state index is 0.183. The predicted octanol–water partition coefficient (Wildman–Crippen LogP) is 14.3. The van der Waals surface area contributed by atoms with E-state index in [0.717, 1.165) is 28.1 Å². The number of rotatable bonds is 6. The average Bonchev–Trinajstić information content (AvgIpc) is 3.52. The molecule has 258 valence electrons. The first-order valence-corrected chi connectivity index (χ1v) is 19.4. The Hall–Kier alpha value is -6.31. The van der Waals surface area contributed by atoms with Gasteiger partial charge in [-0.25, -0.2) is 4.98 Å². The number of fused-ring (bicyclic) bond motifs is 5. The summed E-state index contributed by atoms with van der Waals surface area (Å²) in [6, 6.07) is 68.7. The normalized spacial score (nSPS) is 14.1. The smallest absolute Gasteiger partial charge is 0.0722 e. The molecule has 0 amide bonds. The SMILES string of the molecule is c1ccc(-c2cc(-c3ccccc3)nc(-c3cccc(-c4ccc(-c5ccc6c(c5)-c5ccccc5C65CCCCC5)cc4)c3-c3ccccc3)c2)cc1. The van der Waals surface area contributed by atoms with Gasteiger partial charge in [0.1, 0.15) is 0 Å². The van der Waals surface area contributed by atoms with Crippen LogP contribution in [0.1, 0.15) is 43.2 Å². The van der Waals surface area contributed by atoms with Crippen molar-refractivity contribution in [1.82, 2.24) is 4.98 Å². The zero-order chi connectivity index (χ0) is 35.9. The molecule has 7 aromatic carbocycles. The topological polar surface area (TPSA) is 12.9 Å². The third-order valence-corrected chi connectivity index (χ3v) is 11.9. The standard InChI is InChI=1S/C53H41N/c1-5-16-37(17-6-1)43-35-50(40-18-7-2-8-19-40)54-51(36-43)46-24-15-23-44(52(46)41-20-9-3-10-21-41)39-28-26-38(27-29-39)42-30-31-49-47(34-42)45-22-11-12-25-48(45)53(49)32-13-4-14-33-53/h1-3,5-12,15-31,34-36H,4,13-14,32-33H2. The van der Waals surface area contributed by atoms with Crippen LogP contribution in [0.25, 0.3) is 78.1 Å². The minimum atomic E-state index is 0.183. The van der Waals surface area contributed by atoms with Gasteiger partial charge in [0, 0.05) is 16.5 Å². The van der Waals surface area contributed by atoms with Gasteiger partial charge in [-0.2, -0.15) is 0 Å². The van der Waals surface area contributed by atoms with Crippen molar-refractivity contribution in [3.05, 3.63) is 199 Å². The Balaban J connectivity index is 1.08. The fourth-order valence-corrected chi connectivity index (χ4v) is 9.33. The first kappa shape index (κ1) is 32.3. The maximum Gasteiger partial charge on any atom is 0.0722 e. The van der Waals surface area contributed by atoms with Crippen LogP contribution < -0.4 is 0 Å². The number of hydrogen-bond donors (Lipinski definition) is 0. The number of nitrogens with zero attached hydrogens (tertiary/aromatic N) is 1. The fourth-order valence-electron chi connectivity index (χ4n) is 9.33. The Morgan fingerprint density at radius 2 is 0.852 bits per heavy atom. The maximum absolute atomic E-state index is 5.35. The molecule has 1 spiro atoms. The molecule has 0 N–H and O–H groups in total. The van der Waals surface area contributed by atoms with Crippen molar-refractivity contribution in [2.24, 2.45) is 0 Å². The van der Waals surface area contributed by atoms with Gasteiger partial charge in [-0.05, 0) is 97.8 Å². The second kappa shape index (κ2) is 13.6. The molecule has 1 nitrogen and oxygen atoms in total. The summed E-state index contributed by atoms with van der Waals surface area (Å²) in [6.45, 7) is 0. The first-order valence-electron chi connectivity index (χ1n) is 19.4. The van der Waals surface area contributed by atoms with Crippen molar-refractivity contribution in [3.63, 3.8) is 0 Å². The molecule has 0 atom stereocenters. The predicted molar refractivity (Wildman–Crippen MR) is 226 cm³/mol. The van der Waals surface area contributed by atoms with E-state index in [0.29, 0.717) is 0 Å². The lowest BCUT2D eigenvalue weighted by Crippen LogP contribution is -2.27. The summed E-state index contributed by atoms with van der Waals surface area (Å²) in [5, 5.41) is 0. The van der Waals surface area contributed by atoms with Gasteiger partial charge in [-0.15, -0.1) is 0 Å². The largest absolute Gasteiger partial charge is 0.248 e. The highest BCUT2D eigenvalue weighted by Crippen LogP contribution is 2.56. The molecule has 8 aromatic rings. The lowest BCUT2D eigenvalue weighted by atomic mass is 9.68. The summed E-state index contributed by atoms with van der Waals surface area (Å²) in [7, 11) is 0. The Labute approximate surface area is 318 Å². The van der Waals surface area contributed by atoms with Gasteiger partial charge < -0.3 is 0 Å². The van der Waals surface area contributed by atoms with E-state index in [1.807, 2.05) is 0 Å². The second-order valence-corrected chi connectivity index (χ2v) is 15.0. The van der Waals surface area contributed by atoms with Crippen molar-refractivity contribution < 1.29 is 0 Å². The lowest BCUT2D eigenvalue weighted by molar-refractivity contribution is 0.353. The highest BCUT2D eigenvalue weighted by Gasteiger charge is 2.43. The fraction of sp³-hybridized carbons (Fsp3) is 0.113. The van der Waals surface area contributed by atoms with Gasteiger partial charge in [-0.3, -0.25) is 0 Å². The number of pyridine rings is 1. The van der Waals surface area contributed by atoms with Gasteiger partial charge in [-0.1, -0.05) is 189 Å². The molecule has 54 heavy (non-hydrogen) atoms. The highest BCUT2D eigenvalue weighted by atomic mass is 14.7. The first-order chi connectivity index (χ1) is 26.7. The third kappa shape index (κ3) is 5.60. The van der Waals surface area contributed by atoms with E-state index in [4.69, 9.17) is 4.98 Å². The van der Waals surface area contributed by atoms with Crippen molar-refractivity contribution in [2.45, 2.75) is 37.5 Å². The zero-order valence-corrected chi connectivity index (χ0v) is 30.4. The quantitative estimate of drug-likeness (QED) is 0.169. The highest BCUT2D eigenvalue weighted by molar-refractivity contribution is 5.95. The van der Waals surface area contributed by atoms with Crippen molar-refractivity contribution in [3.8, 4) is 78.1 Å². The molecule has 0 radical (unpaired) electrons. The molecule has 1 aromatic heterocycles. The molecule has 1 fully saturated rings. The molecule has 1 heteroatoms. The van der Waals surface area contributed by atoms with Crippen LogP contribution in [0, 0.1) is 0 Å². The van der Waals surface area contributed by atoms with Crippen LogP contribution in [0.2, 0.25) is 0 Å². The van der Waals surface area contributed by atoms with E-state index in [2.05, 4.69) is 188 Å². The van der Waals surface area contributed by atoms with E-state index in [1.54, 1.807) is 5.56 Å². The summed E-state index contributed by atoms with van der Waals surface area (Å²) < 4.78 is 0. The molecule has 0 bridgehead atoms. The van der Waals surface area contributed by atoms with Gasteiger partial charge in [0.15, 0.2) is 0 Å². The Kier molecular flexibility index (Phi) is 8.14. The number of benzene rings is 7. The van der Waals surface area contributed by atoms with E-state index in [9.17, 15) is 0 Å². The summed E-state index contributed by atoms with van der Waals surface area (Å²) in [5.74, 6) is 0. The monoisotopic (exact) mass is 691 g/mol. The molecule has 10 rings (SSSR count). The van der Waals surface area contributed by atoms with E-state index >= 15 is 0 Å². The maximum atomic E-state index is 5.35. The molecule has 1 saturated carbocycles. The number of aromatic nitrogens is 1. The van der Waals surface area contributed by atoms with Crippen LogP contribution >= 0.6 is 0 Å². The third-order valence-electron chi connectivity index (χ3n) is 11.9. The van der Waals surface area contributed by atoms with Crippen LogP contribution in [0.4, 0.5) is 0 Å². The molecular formula is C53H41N. The zero-order valence-electron chi connectivity index (χ0n) is 30.4. The van der Waals surface area contributed by atoms with Crippen molar-refractivity contribution >= 4 is 0 Å². The molecular weight excluding hydrogens is 651 g/mol. The summed E-state index contributed by atoms with van der Waals surface area (Å²) >= 11 is 0. The van der Waals surface area contributed by atoms with Gasteiger partial charge >= 0.3 is 0 Å². The molecule has 1 heterocycles. The number of hydrogen-bond acceptors (Lipinski definition) is 1. The van der Waals surface area contributed by atoms with Gasteiger partial charge in [0.05, 0.1) is 11.4 Å². The van der Waals surface area contributed by atoms with E-state index in [-0.39, 0.29) is 5.41 Å². The summed E-state index contributed by atoms with van der Waals surface area (Å²) in [5.41, 5.74) is 19.9. The van der Waals surface area contributed by atoms with Crippen molar-refractivity contribution in [1.29, 1.82) is 0 Å². The Morgan fingerprint density at radius 3 is 1.59 bits per heavy atom. The molecule has 2 aliphatic carbocycles. The van der Waals surface area contributed by atoms with Gasteiger partial charge in [0.25, 0.3) is 0 Å². The van der Waals surface area contributed by atoms with Crippen LogP contribution in [0.5, 0.6) is 0 Å². The van der Waals surface area contributed by atoms with Crippen molar-refractivity contribution in [2.75, 3.05) is 0 Å². The van der Waals surface area contributed by atoms with Crippen LogP contribution in [0.3, 0.4) is 0 Å². The molecule has 0 unspecified atom stereocenters. The summed E-state index contributed by atoms with van der Waals surface area (Å²) in [4.78, 5) is 5.35. The molecule has 0 saturated heterocycles. The van der Waals surface area contributed by atoms with Crippen LogP contribution in [0.15, 0.2) is 188 Å². The van der Waals surface area contributed by atoms with E-state index < -0.39 is 0 Å². The van der Waals surface area contributed by atoms with E-state index in [1.165, 1.54) is 87.7 Å². The second-order valence-electron chi connectivity index (χ2n) is 15.0. The lowest BCUT2D eigenvalue weighted by Gasteiger charge is -2.36. The Morgan fingerprint density at radius 1 is 0.315 bits per heavy atom. The Bertz CT molecular complexity index is 2540. The molecule has 0 aliphatic heterocycles. The van der Waals surface area contributed by atoms with Gasteiger partial charge in [0.2, 0.25) is 0 Å². The average molecular weight is 692 g/mol. The minimum Gasteiger partial charge on any atom is -0.248 e.